The van der Waals surface area contributed by atoms with E-state index in [0.717, 1.165) is 11.8 Å². The zero-order valence-electron chi connectivity index (χ0n) is 13.5. The van der Waals surface area contributed by atoms with Crippen molar-refractivity contribution < 1.29 is 9.72 Å². The third-order valence-electron chi connectivity index (χ3n) is 3.57. The van der Waals surface area contributed by atoms with Gasteiger partial charge in [-0.2, -0.15) is 4.68 Å². The molecule has 0 amide bonds. The van der Waals surface area contributed by atoms with E-state index in [0.29, 0.717) is 21.4 Å². The van der Waals surface area contributed by atoms with E-state index < -0.39 is 4.92 Å². The Morgan fingerprint density at radius 1 is 1.27 bits per heavy atom. The van der Waals surface area contributed by atoms with Crippen LogP contribution in [0.1, 0.15) is 15.9 Å². The van der Waals surface area contributed by atoms with E-state index in [-0.39, 0.29) is 22.8 Å². The SMILES string of the molecule is Cc1ccc(C(=O)CSc2nnnn2-c2ccc(Cl)cc2)cc1[N+](=O)[O-]. The van der Waals surface area contributed by atoms with E-state index in [1.165, 1.54) is 10.7 Å². The maximum Gasteiger partial charge on any atom is 0.273 e. The number of halogens is 1. The van der Waals surface area contributed by atoms with Crippen LogP contribution in [0.2, 0.25) is 5.02 Å². The molecule has 0 saturated carbocycles. The Morgan fingerprint density at radius 3 is 2.69 bits per heavy atom. The molecule has 0 atom stereocenters. The molecule has 1 aromatic heterocycles. The van der Waals surface area contributed by atoms with E-state index in [1.54, 1.807) is 43.3 Å². The molecule has 3 aromatic rings. The summed E-state index contributed by atoms with van der Waals surface area (Å²) in [7, 11) is 0. The number of carbonyl (C=O) groups excluding carboxylic acids is 1. The summed E-state index contributed by atoms with van der Waals surface area (Å²) in [6.07, 6.45) is 0. The summed E-state index contributed by atoms with van der Waals surface area (Å²) >= 11 is 7.02. The van der Waals surface area contributed by atoms with Crippen molar-refractivity contribution in [2.75, 3.05) is 5.75 Å². The number of ketones is 1. The van der Waals surface area contributed by atoms with Crippen LogP contribution < -0.4 is 0 Å². The lowest BCUT2D eigenvalue weighted by Crippen LogP contribution is -2.06. The van der Waals surface area contributed by atoms with Crippen LogP contribution in [0, 0.1) is 17.0 Å². The van der Waals surface area contributed by atoms with E-state index in [9.17, 15) is 14.9 Å². The second-order valence-corrected chi connectivity index (χ2v) is 6.70. The molecule has 2 aromatic carbocycles. The molecule has 0 fully saturated rings. The molecule has 0 bridgehead atoms. The van der Waals surface area contributed by atoms with Gasteiger partial charge in [0.25, 0.3) is 5.69 Å². The first-order chi connectivity index (χ1) is 12.5. The van der Waals surface area contributed by atoms with Crippen molar-refractivity contribution in [3.8, 4) is 5.69 Å². The van der Waals surface area contributed by atoms with Gasteiger partial charge in [-0.15, -0.1) is 5.10 Å². The lowest BCUT2D eigenvalue weighted by atomic mass is 10.1. The summed E-state index contributed by atoms with van der Waals surface area (Å²) < 4.78 is 1.49. The van der Waals surface area contributed by atoms with Crippen LogP contribution in [-0.2, 0) is 0 Å². The number of nitrogens with zero attached hydrogens (tertiary/aromatic N) is 5. The standard InChI is InChI=1S/C16H12ClN5O3S/c1-10-2-3-11(8-14(10)22(24)25)15(23)9-26-16-18-19-20-21(16)13-6-4-12(17)5-7-13/h2-8H,9H2,1H3. The molecule has 10 heteroatoms. The van der Waals surface area contributed by atoms with Crippen molar-refractivity contribution in [3.05, 3.63) is 68.7 Å². The highest BCUT2D eigenvalue weighted by molar-refractivity contribution is 7.99. The Morgan fingerprint density at radius 2 is 2.00 bits per heavy atom. The van der Waals surface area contributed by atoms with Crippen molar-refractivity contribution in [3.63, 3.8) is 0 Å². The van der Waals surface area contributed by atoms with Gasteiger partial charge in [-0.05, 0) is 41.6 Å². The molecule has 0 spiro atoms. The summed E-state index contributed by atoms with van der Waals surface area (Å²) in [5.74, 6) is -0.197. The zero-order valence-corrected chi connectivity index (χ0v) is 15.1. The summed E-state index contributed by atoms with van der Waals surface area (Å²) in [4.78, 5) is 22.9. The fraction of sp³-hybridized carbons (Fsp3) is 0.125. The minimum absolute atomic E-state index is 0.0498. The van der Waals surface area contributed by atoms with Crippen molar-refractivity contribution in [1.29, 1.82) is 0 Å². The molecule has 26 heavy (non-hydrogen) atoms. The largest absolute Gasteiger partial charge is 0.293 e. The van der Waals surface area contributed by atoms with Gasteiger partial charge in [0.2, 0.25) is 5.16 Å². The highest BCUT2D eigenvalue weighted by atomic mass is 35.5. The summed E-state index contributed by atoms with van der Waals surface area (Å²) in [5, 5.41) is 23.5. The molecule has 0 radical (unpaired) electrons. The van der Waals surface area contributed by atoms with Gasteiger partial charge in [0, 0.05) is 22.2 Å². The zero-order chi connectivity index (χ0) is 18.7. The number of carbonyl (C=O) groups is 1. The van der Waals surface area contributed by atoms with E-state index in [2.05, 4.69) is 15.5 Å². The number of tetrazole rings is 1. The number of aryl methyl sites for hydroxylation is 1. The first kappa shape index (κ1) is 18.0. The minimum Gasteiger partial charge on any atom is -0.293 e. The number of hydrogen-bond donors (Lipinski definition) is 0. The molecule has 8 nitrogen and oxygen atoms in total. The van der Waals surface area contributed by atoms with Gasteiger partial charge in [-0.1, -0.05) is 35.5 Å². The minimum atomic E-state index is -0.500. The number of Topliss-reactive ketones (excluding diaryl/α,β-unsaturated/α-hetero) is 1. The van der Waals surface area contributed by atoms with Crippen LogP contribution in [0.4, 0.5) is 5.69 Å². The third-order valence-corrected chi connectivity index (χ3v) is 4.74. The Hall–Kier alpha value is -2.78. The average molecular weight is 390 g/mol. The Balaban J connectivity index is 1.75. The maximum atomic E-state index is 12.4. The van der Waals surface area contributed by atoms with Crippen molar-refractivity contribution in [1.82, 2.24) is 20.2 Å². The van der Waals surface area contributed by atoms with Crippen LogP contribution in [0.25, 0.3) is 5.69 Å². The van der Waals surface area contributed by atoms with Crippen molar-refractivity contribution in [2.24, 2.45) is 0 Å². The molecule has 0 aliphatic heterocycles. The number of thioether (sulfide) groups is 1. The molecule has 0 unspecified atom stereocenters. The maximum absolute atomic E-state index is 12.4. The van der Waals surface area contributed by atoms with Crippen LogP contribution in [0.3, 0.4) is 0 Å². The second-order valence-electron chi connectivity index (χ2n) is 5.32. The number of benzene rings is 2. The Bertz CT molecular complexity index is 974. The number of rotatable bonds is 6. The van der Waals surface area contributed by atoms with Gasteiger partial charge in [0.15, 0.2) is 5.78 Å². The number of aromatic nitrogens is 4. The van der Waals surface area contributed by atoms with E-state index in [1.807, 2.05) is 0 Å². The number of nitro groups is 1. The summed E-state index contributed by atoms with van der Waals surface area (Å²) in [5.41, 5.74) is 1.42. The first-order valence-corrected chi connectivity index (χ1v) is 8.77. The molecule has 3 rings (SSSR count). The molecule has 132 valence electrons. The predicted octanol–water partition coefficient (Wildman–Crippen LogP) is 3.51. The summed E-state index contributed by atoms with van der Waals surface area (Å²) in [6.45, 7) is 1.63. The van der Waals surface area contributed by atoms with Crippen molar-refractivity contribution in [2.45, 2.75) is 12.1 Å². The average Bonchev–Trinajstić information content (AvgIpc) is 3.09. The van der Waals surface area contributed by atoms with Crippen LogP contribution in [-0.4, -0.2) is 36.7 Å². The van der Waals surface area contributed by atoms with E-state index in [4.69, 9.17) is 11.6 Å². The fourth-order valence-electron chi connectivity index (χ4n) is 2.21. The highest BCUT2D eigenvalue weighted by Gasteiger charge is 2.17. The van der Waals surface area contributed by atoms with Crippen LogP contribution >= 0.6 is 23.4 Å². The van der Waals surface area contributed by atoms with Gasteiger partial charge < -0.3 is 0 Å². The van der Waals surface area contributed by atoms with Crippen LogP contribution in [0.15, 0.2) is 47.6 Å². The smallest absolute Gasteiger partial charge is 0.273 e. The highest BCUT2D eigenvalue weighted by Crippen LogP contribution is 2.23. The quantitative estimate of drug-likeness (QED) is 0.275. The molecule has 0 N–H and O–H groups in total. The number of hydrogen-bond acceptors (Lipinski definition) is 7. The second kappa shape index (κ2) is 7.63. The summed E-state index contributed by atoms with van der Waals surface area (Å²) in [6, 6.07) is 11.4. The Labute approximate surface area is 157 Å². The lowest BCUT2D eigenvalue weighted by Gasteiger charge is -2.05. The number of nitro benzene ring substituents is 1. The normalized spacial score (nSPS) is 10.7. The molecular weight excluding hydrogens is 378 g/mol. The van der Waals surface area contributed by atoms with Gasteiger partial charge in [-0.3, -0.25) is 14.9 Å². The first-order valence-electron chi connectivity index (χ1n) is 7.41. The van der Waals surface area contributed by atoms with Gasteiger partial charge in [0.05, 0.1) is 16.4 Å². The van der Waals surface area contributed by atoms with Crippen molar-refractivity contribution >= 4 is 34.8 Å². The molecule has 0 aliphatic rings. The fourth-order valence-corrected chi connectivity index (χ4v) is 3.12. The molecule has 0 aliphatic carbocycles. The van der Waals surface area contributed by atoms with Gasteiger partial charge >= 0.3 is 0 Å². The Kier molecular flexibility index (Phi) is 5.29. The molecular formula is C16H12ClN5O3S. The molecule has 1 heterocycles. The third kappa shape index (κ3) is 3.89. The van der Waals surface area contributed by atoms with Gasteiger partial charge in [-0.25, -0.2) is 0 Å². The molecule has 0 saturated heterocycles. The van der Waals surface area contributed by atoms with Gasteiger partial charge in [0.1, 0.15) is 0 Å². The van der Waals surface area contributed by atoms with E-state index >= 15 is 0 Å². The predicted molar refractivity (Wildman–Crippen MR) is 97.1 cm³/mol. The van der Waals surface area contributed by atoms with Crippen LogP contribution in [0.5, 0.6) is 0 Å². The topological polar surface area (TPSA) is 104 Å². The lowest BCUT2D eigenvalue weighted by molar-refractivity contribution is -0.385. The monoisotopic (exact) mass is 389 g/mol.